The molecule has 3 heterocycles. The molecule has 0 spiro atoms. The summed E-state index contributed by atoms with van der Waals surface area (Å²) in [4.78, 5) is 16.7. The Hall–Kier alpha value is -2.59. The van der Waals surface area contributed by atoms with Gasteiger partial charge < -0.3 is 15.0 Å². The SMILES string of the molecule is COC(C)c1nc2c(N)nc(C)c(C)c2n1CCCS(=O)(=O)c1ncccn1. The molecule has 10 heteroatoms. The van der Waals surface area contributed by atoms with Crippen LogP contribution in [0.3, 0.4) is 0 Å². The molecule has 0 fully saturated rings. The van der Waals surface area contributed by atoms with Gasteiger partial charge in [-0.05, 0) is 38.8 Å². The molecule has 1 atom stereocenters. The van der Waals surface area contributed by atoms with E-state index in [9.17, 15) is 8.42 Å². The van der Waals surface area contributed by atoms with Crippen molar-refractivity contribution in [2.45, 2.75) is 45.0 Å². The van der Waals surface area contributed by atoms with Crippen molar-refractivity contribution in [3.8, 4) is 0 Å². The van der Waals surface area contributed by atoms with Crippen molar-refractivity contribution in [2.24, 2.45) is 0 Å². The summed E-state index contributed by atoms with van der Waals surface area (Å²) in [5.74, 6) is 0.968. The summed E-state index contributed by atoms with van der Waals surface area (Å²) in [5, 5.41) is -0.156. The van der Waals surface area contributed by atoms with E-state index in [1.807, 2.05) is 25.3 Å². The molecule has 0 saturated carbocycles. The molecule has 0 radical (unpaired) electrons. The number of rotatable bonds is 7. The number of ether oxygens (including phenoxy) is 1. The fraction of sp³-hybridized carbons (Fsp3) is 0.444. The van der Waals surface area contributed by atoms with Crippen molar-refractivity contribution in [3.05, 3.63) is 35.5 Å². The number of aryl methyl sites for hydroxylation is 3. The zero-order valence-corrected chi connectivity index (χ0v) is 17.2. The van der Waals surface area contributed by atoms with Crippen LogP contribution in [0.2, 0.25) is 0 Å². The fourth-order valence-electron chi connectivity index (χ4n) is 3.11. The van der Waals surface area contributed by atoms with Gasteiger partial charge in [0.05, 0.1) is 11.3 Å². The van der Waals surface area contributed by atoms with E-state index in [1.54, 1.807) is 13.2 Å². The van der Waals surface area contributed by atoms with E-state index in [0.29, 0.717) is 30.1 Å². The second-order valence-corrected chi connectivity index (χ2v) is 8.61. The Morgan fingerprint density at radius 3 is 2.54 bits per heavy atom. The molecule has 150 valence electrons. The molecular formula is C18H24N6O3S. The smallest absolute Gasteiger partial charge is 0.246 e. The molecule has 0 bridgehead atoms. The first kappa shape index (κ1) is 20.2. The number of anilines is 1. The molecule has 28 heavy (non-hydrogen) atoms. The molecule has 0 aliphatic carbocycles. The largest absolute Gasteiger partial charge is 0.382 e. The summed E-state index contributed by atoms with van der Waals surface area (Å²) in [6.45, 7) is 6.17. The molecule has 3 aromatic heterocycles. The maximum Gasteiger partial charge on any atom is 0.246 e. The number of nitrogen functional groups attached to an aromatic ring is 1. The minimum atomic E-state index is -3.56. The quantitative estimate of drug-likeness (QED) is 0.593. The third-order valence-corrected chi connectivity index (χ3v) is 6.35. The molecule has 9 nitrogen and oxygen atoms in total. The van der Waals surface area contributed by atoms with Crippen LogP contribution in [-0.4, -0.2) is 45.8 Å². The Morgan fingerprint density at radius 1 is 1.21 bits per heavy atom. The van der Waals surface area contributed by atoms with Crippen molar-refractivity contribution in [1.29, 1.82) is 0 Å². The Kier molecular flexibility index (Phi) is 5.61. The summed E-state index contributed by atoms with van der Waals surface area (Å²) in [6, 6.07) is 1.58. The normalized spacial score (nSPS) is 13.1. The molecule has 0 aliphatic rings. The monoisotopic (exact) mass is 404 g/mol. The molecule has 3 rings (SSSR count). The lowest BCUT2D eigenvalue weighted by Crippen LogP contribution is -2.15. The van der Waals surface area contributed by atoms with E-state index in [2.05, 4.69) is 19.9 Å². The number of nitrogens with two attached hydrogens (primary N) is 1. The average molecular weight is 404 g/mol. The van der Waals surface area contributed by atoms with Gasteiger partial charge in [0.15, 0.2) is 5.82 Å². The lowest BCUT2D eigenvalue weighted by Gasteiger charge is -2.14. The first-order valence-corrected chi connectivity index (χ1v) is 10.6. The van der Waals surface area contributed by atoms with Crippen LogP contribution >= 0.6 is 0 Å². The van der Waals surface area contributed by atoms with Crippen molar-refractivity contribution in [2.75, 3.05) is 18.6 Å². The van der Waals surface area contributed by atoms with Crippen LogP contribution in [0.4, 0.5) is 5.82 Å². The average Bonchev–Trinajstić information content (AvgIpc) is 3.06. The summed E-state index contributed by atoms with van der Waals surface area (Å²) < 4.78 is 32.4. The van der Waals surface area contributed by atoms with Gasteiger partial charge in [0.25, 0.3) is 0 Å². The topological polar surface area (TPSA) is 126 Å². The predicted molar refractivity (Wildman–Crippen MR) is 106 cm³/mol. The standard InChI is InChI=1S/C18H24N6O3S/c1-11-12(2)22-16(19)14-15(11)24(17(23-14)13(3)27-4)9-6-10-28(25,26)18-20-7-5-8-21-18/h5,7-8,13H,6,9-10H2,1-4H3,(H2,19,22). The predicted octanol–water partition coefficient (Wildman–Crippen LogP) is 1.99. The highest BCUT2D eigenvalue weighted by Crippen LogP contribution is 2.29. The van der Waals surface area contributed by atoms with Gasteiger partial charge in [-0.3, -0.25) is 0 Å². The number of imidazole rings is 1. The van der Waals surface area contributed by atoms with Crippen molar-refractivity contribution in [3.63, 3.8) is 0 Å². The van der Waals surface area contributed by atoms with Gasteiger partial charge in [-0.25, -0.2) is 28.4 Å². The van der Waals surface area contributed by atoms with Gasteiger partial charge in [0.1, 0.15) is 17.4 Å². The first-order chi connectivity index (χ1) is 13.3. The molecule has 0 saturated heterocycles. The molecule has 1 unspecified atom stereocenters. The summed E-state index contributed by atoms with van der Waals surface area (Å²) in [5.41, 5.74) is 9.32. The van der Waals surface area contributed by atoms with E-state index in [0.717, 1.165) is 16.8 Å². The first-order valence-electron chi connectivity index (χ1n) is 8.91. The van der Waals surface area contributed by atoms with Crippen LogP contribution < -0.4 is 5.73 Å². The highest BCUT2D eigenvalue weighted by molar-refractivity contribution is 7.91. The zero-order valence-electron chi connectivity index (χ0n) is 16.4. The highest BCUT2D eigenvalue weighted by Gasteiger charge is 2.22. The molecule has 0 aliphatic heterocycles. The lowest BCUT2D eigenvalue weighted by molar-refractivity contribution is 0.109. The van der Waals surface area contributed by atoms with E-state index in [-0.39, 0.29) is 17.0 Å². The Bertz CT molecular complexity index is 1100. The summed E-state index contributed by atoms with van der Waals surface area (Å²) in [6.07, 6.45) is 2.93. The maximum absolute atomic E-state index is 12.5. The van der Waals surface area contributed by atoms with Gasteiger partial charge in [0.2, 0.25) is 15.0 Å². The van der Waals surface area contributed by atoms with E-state index in [1.165, 1.54) is 12.4 Å². The minimum Gasteiger partial charge on any atom is -0.382 e. The van der Waals surface area contributed by atoms with E-state index in [4.69, 9.17) is 10.5 Å². The number of hydrogen-bond acceptors (Lipinski definition) is 8. The van der Waals surface area contributed by atoms with Crippen LogP contribution in [0.25, 0.3) is 11.0 Å². The van der Waals surface area contributed by atoms with Crippen LogP contribution in [-0.2, 0) is 21.1 Å². The number of hydrogen-bond donors (Lipinski definition) is 1. The zero-order chi connectivity index (χ0) is 20.5. The second kappa shape index (κ2) is 7.80. The van der Waals surface area contributed by atoms with Gasteiger partial charge in [-0.1, -0.05) is 0 Å². The fourth-order valence-corrected chi connectivity index (χ4v) is 4.24. The summed E-state index contributed by atoms with van der Waals surface area (Å²) in [7, 11) is -1.95. The molecular weight excluding hydrogens is 380 g/mol. The third-order valence-electron chi connectivity index (χ3n) is 4.76. The number of fused-ring (bicyclic) bond motifs is 1. The van der Waals surface area contributed by atoms with E-state index < -0.39 is 9.84 Å². The molecule has 0 aromatic carbocycles. The molecule has 3 aromatic rings. The van der Waals surface area contributed by atoms with Gasteiger partial charge >= 0.3 is 0 Å². The summed E-state index contributed by atoms with van der Waals surface area (Å²) >= 11 is 0. The van der Waals surface area contributed by atoms with Gasteiger partial charge in [-0.2, -0.15) is 0 Å². The number of aromatic nitrogens is 5. The lowest BCUT2D eigenvalue weighted by atomic mass is 10.2. The van der Waals surface area contributed by atoms with Crippen LogP contribution in [0.1, 0.15) is 36.5 Å². The van der Waals surface area contributed by atoms with Crippen LogP contribution in [0.15, 0.2) is 23.6 Å². The van der Waals surface area contributed by atoms with Crippen molar-refractivity contribution < 1.29 is 13.2 Å². The minimum absolute atomic E-state index is 0.0733. The Balaban J connectivity index is 1.96. The van der Waals surface area contributed by atoms with Gasteiger partial charge in [0, 0.05) is 31.7 Å². The number of sulfone groups is 1. The van der Waals surface area contributed by atoms with Crippen LogP contribution in [0.5, 0.6) is 0 Å². The van der Waals surface area contributed by atoms with Crippen LogP contribution in [0, 0.1) is 13.8 Å². The maximum atomic E-state index is 12.5. The number of pyridine rings is 1. The van der Waals surface area contributed by atoms with Gasteiger partial charge in [-0.15, -0.1) is 0 Å². The van der Waals surface area contributed by atoms with E-state index >= 15 is 0 Å². The number of nitrogens with zero attached hydrogens (tertiary/aromatic N) is 5. The molecule has 2 N–H and O–H groups in total. The number of methoxy groups -OCH3 is 1. The Morgan fingerprint density at radius 2 is 1.89 bits per heavy atom. The second-order valence-electron chi connectivity index (χ2n) is 6.61. The third kappa shape index (κ3) is 3.69. The van der Waals surface area contributed by atoms with Crippen molar-refractivity contribution >= 4 is 26.7 Å². The molecule has 0 amide bonds. The van der Waals surface area contributed by atoms with Crippen molar-refractivity contribution in [1.82, 2.24) is 24.5 Å². The highest BCUT2D eigenvalue weighted by atomic mass is 32.2. The Labute approximate surface area is 163 Å².